The second kappa shape index (κ2) is 13.3. The van der Waals surface area contributed by atoms with Crippen LogP contribution in [0.1, 0.15) is 90.9 Å². The molecule has 0 bridgehead atoms. The van der Waals surface area contributed by atoms with E-state index in [-0.39, 0.29) is 11.9 Å². The molecule has 1 rings (SSSR count). The molecule has 24 heavy (non-hydrogen) atoms. The molecule has 0 aromatic carbocycles. The van der Waals surface area contributed by atoms with Gasteiger partial charge in [-0.15, -0.1) is 0 Å². The van der Waals surface area contributed by atoms with E-state index in [1.807, 2.05) is 11.8 Å². The molecule has 0 aromatic heterocycles. The van der Waals surface area contributed by atoms with Gasteiger partial charge in [0.2, 0.25) is 5.91 Å². The highest BCUT2D eigenvalue weighted by Gasteiger charge is 2.19. The second-order valence-electron chi connectivity index (χ2n) is 7.04. The minimum Gasteiger partial charge on any atom is -0.466 e. The average molecular weight is 340 g/mol. The number of hydrogen-bond acceptors (Lipinski definition) is 3. The fraction of sp³-hybridized carbons (Fsp3) is 0.900. The summed E-state index contributed by atoms with van der Waals surface area (Å²) in [4.78, 5) is 26.1. The Kier molecular flexibility index (Phi) is 11.6. The first kappa shape index (κ1) is 21.0. The van der Waals surface area contributed by atoms with Crippen LogP contribution in [0.4, 0.5) is 0 Å². The van der Waals surface area contributed by atoms with Crippen LogP contribution in [0, 0.1) is 5.92 Å². The summed E-state index contributed by atoms with van der Waals surface area (Å²) in [5.74, 6) is 0.757. The molecular formula is C20H37NO3. The van der Waals surface area contributed by atoms with E-state index < -0.39 is 0 Å². The fourth-order valence-corrected chi connectivity index (χ4v) is 3.51. The van der Waals surface area contributed by atoms with Crippen molar-refractivity contribution < 1.29 is 14.3 Å². The lowest BCUT2D eigenvalue weighted by Crippen LogP contribution is -2.34. The Hall–Kier alpha value is -1.06. The monoisotopic (exact) mass is 339 g/mol. The molecule has 0 N–H and O–H groups in total. The number of rotatable bonds is 12. The van der Waals surface area contributed by atoms with Gasteiger partial charge in [-0.3, -0.25) is 9.59 Å². The third-order valence-electron chi connectivity index (χ3n) is 5.02. The Balaban J connectivity index is 2.38. The summed E-state index contributed by atoms with van der Waals surface area (Å²) in [5.41, 5.74) is 0. The fourth-order valence-electron chi connectivity index (χ4n) is 3.51. The molecule has 0 unspecified atom stereocenters. The highest BCUT2D eigenvalue weighted by atomic mass is 16.5. The van der Waals surface area contributed by atoms with Crippen molar-refractivity contribution in [3.8, 4) is 0 Å². The van der Waals surface area contributed by atoms with Crippen LogP contribution in [-0.2, 0) is 14.3 Å². The van der Waals surface area contributed by atoms with Crippen molar-refractivity contribution in [2.75, 3.05) is 19.7 Å². The van der Waals surface area contributed by atoms with Crippen molar-refractivity contribution in [3.63, 3.8) is 0 Å². The van der Waals surface area contributed by atoms with E-state index in [1.165, 1.54) is 44.9 Å². The van der Waals surface area contributed by atoms with Crippen LogP contribution >= 0.6 is 0 Å². The second-order valence-corrected chi connectivity index (χ2v) is 7.04. The Bertz CT molecular complexity index is 351. The molecule has 4 nitrogen and oxygen atoms in total. The van der Waals surface area contributed by atoms with Crippen molar-refractivity contribution in [2.24, 2.45) is 5.92 Å². The Morgan fingerprint density at radius 2 is 1.71 bits per heavy atom. The quantitative estimate of drug-likeness (QED) is 0.382. The van der Waals surface area contributed by atoms with Gasteiger partial charge in [0.25, 0.3) is 0 Å². The molecule has 1 fully saturated rings. The Morgan fingerprint density at radius 1 is 0.958 bits per heavy atom. The van der Waals surface area contributed by atoms with Crippen molar-refractivity contribution in [1.82, 2.24) is 4.90 Å². The number of hydrogen-bond donors (Lipinski definition) is 0. The number of carbonyl (C=O) groups excluding carboxylic acids is 2. The smallest absolute Gasteiger partial charge is 0.307 e. The summed E-state index contributed by atoms with van der Waals surface area (Å²) < 4.78 is 4.99. The summed E-state index contributed by atoms with van der Waals surface area (Å²) in [7, 11) is 0. The van der Waals surface area contributed by atoms with Gasteiger partial charge in [0, 0.05) is 19.5 Å². The molecule has 1 aliphatic rings. The molecule has 0 aliphatic heterocycles. The van der Waals surface area contributed by atoms with E-state index in [4.69, 9.17) is 4.74 Å². The molecule has 0 saturated heterocycles. The normalized spacial score (nSPS) is 15.2. The van der Waals surface area contributed by atoms with Gasteiger partial charge in [0.05, 0.1) is 13.0 Å². The molecule has 1 amide bonds. The zero-order chi connectivity index (χ0) is 17.6. The van der Waals surface area contributed by atoms with Gasteiger partial charge in [-0.05, 0) is 25.7 Å². The van der Waals surface area contributed by atoms with Crippen molar-refractivity contribution in [2.45, 2.75) is 90.9 Å². The predicted octanol–water partition coefficient (Wildman–Crippen LogP) is 4.71. The van der Waals surface area contributed by atoms with E-state index in [9.17, 15) is 9.59 Å². The van der Waals surface area contributed by atoms with Gasteiger partial charge in [0.1, 0.15) is 0 Å². The summed E-state index contributed by atoms with van der Waals surface area (Å²) in [6.45, 7) is 5.70. The molecule has 0 atom stereocenters. The Morgan fingerprint density at radius 3 is 2.38 bits per heavy atom. The zero-order valence-corrected chi connectivity index (χ0v) is 15.9. The number of carbonyl (C=O) groups is 2. The lowest BCUT2D eigenvalue weighted by molar-refractivity contribution is -0.144. The first-order valence-electron chi connectivity index (χ1n) is 10.1. The first-order chi connectivity index (χ1) is 11.7. The average Bonchev–Trinajstić information content (AvgIpc) is 2.60. The van der Waals surface area contributed by atoms with Gasteiger partial charge in [-0.2, -0.15) is 0 Å². The number of ether oxygens (including phenoxy) is 1. The lowest BCUT2D eigenvalue weighted by Gasteiger charge is -2.25. The lowest BCUT2D eigenvalue weighted by atomic mass is 9.86. The Labute approximate surface area is 148 Å². The van der Waals surface area contributed by atoms with Crippen molar-refractivity contribution >= 4 is 11.9 Å². The van der Waals surface area contributed by atoms with E-state index in [0.717, 1.165) is 31.7 Å². The standard InChI is InChI=1S/C20H37NO3/c1-3-5-6-10-16-21(17-15-20(23)24-4-2)19(22)14-13-18-11-8-7-9-12-18/h18H,3-17H2,1-2H3. The van der Waals surface area contributed by atoms with E-state index in [1.54, 1.807) is 0 Å². The number of amides is 1. The molecule has 1 aliphatic carbocycles. The van der Waals surface area contributed by atoms with Gasteiger partial charge in [-0.1, -0.05) is 58.3 Å². The molecule has 0 spiro atoms. The van der Waals surface area contributed by atoms with Crippen LogP contribution in [-0.4, -0.2) is 36.5 Å². The van der Waals surface area contributed by atoms with Gasteiger partial charge < -0.3 is 9.64 Å². The minimum absolute atomic E-state index is 0.198. The van der Waals surface area contributed by atoms with E-state index in [2.05, 4.69) is 6.92 Å². The summed E-state index contributed by atoms with van der Waals surface area (Å²) in [6.07, 6.45) is 13.1. The van der Waals surface area contributed by atoms with Gasteiger partial charge in [-0.25, -0.2) is 0 Å². The molecule has 4 heteroatoms. The van der Waals surface area contributed by atoms with Crippen molar-refractivity contribution in [1.29, 1.82) is 0 Å². The molecule has 140 valence electrons. The molecule has 0 radical (unpaired) electrons. The van der Waals surface area contributed by atoms with Gasteiger partial charge >= 0.3 is 5.97 Å². The van der Waals surface area contributed by atoms with E-state index in [0.29, 0.717) is 26.0 Å². The molecule has 0 aromatic rings. The van der Waals surface area contributed by atoms with Gasteiger partial charge in [0.15, 0.2) is 0 Å². The SMILES string of the molecule is CCCCCCN(CCC(=O)OCC)C(=O)CCC1CCCCC1. The number of esters is 1. The summed E-state index contributed by atoms with van der Waals surface area (Å²) in [5, 5.41) is 0. The van der Waals surface area contributed by atoms with Crippen LogP contribution in [0.3, 0.4) is 0 Å². The third-order valence-corrected chi connectivity index (χ3v) is 5.02. The van der Waals surface area contributed by atoms with Crippen LogP contribution in [0.15, 0.2) is 0 Å². The maximum atomic E-state index is 12.6. The zero-order valence-electron chi connectivity index (χ0n) is 15.9. The maximum absolute atomic E-state index is 12.6. The van der Waals surface area contributed by atoms with Crippen LogP contribution in [0.25, 0.3) is 0 Å². The minimum atomic E-state index is -0.198. The maximum Gasteiger partial charge on any atom is 0.307 e. The van der Waals surface area contributed by atoms with Crippen LogP contribution < -0.4 is 0 Å². The topological polar surface area (TPSA) is 46.6 Å². The van der Waals surface area contributed by atoms with E-state index >= 15 is 0 Å². The number of nitrogens with zero attached hydrogens (tertiary/aromatic N) is 1. The largest absolute Gasteiger partial charge is 0.466 e. The third kappa shape index (κ3) is 9.29. The number of unbranched alkanes of at least 4 members (excludes halogenated alkanes) is 3. The highest BCUT2D eigenvalue weighted by molar-refractivity contribution is 5.77. The van der Waals surface area contributed by atoms with Crippen LogP contribution in [0.5, 0.6) is 0 Å². The van der Waals surface area contributed by atoms with Crippen molar-refractivity contribution in [3.05, 3.63) is 0 Å². The highest BCUT2D eigenvalue weighted by Crippen LogP contribution is 2.27. The molecule has 1 saturated carbocycles. The predicted molar refractivity (Wildman–Crippen MR) is 97.8 cm³/mol. The first-order valence-corrected chi connectivity index (χ1v) is 10.1. The van der Waals surface area contributed by atoms with Crippen LogP contribution in [0.2, 0.25) is 0 Å². The summed E-state index contributed by atoms with van der Waals surface area (Å²) in [6, 6.07) is 0. The summed E-state index contributed by atoms with van der Waals surface area (Å²) >= 11 is 0. The molecular weight excluding hydrogens is 302 g/mol. The molecule has 0 heterocycles.